The molecule has 0 bridgehead atoms. The molecule has 1 heterocycles. The van der Waals surface area contributed by atoms with E-state index in [-0.39, 0.29) is 5.92 Å². The minimum atomic E-state index is -0.648. The molecule has 0 aromatic rings. The summed E-state index contributed by atoms with van der Waals surface area (Å²) in [6, 6.07) is 0. The van der Waals surface area contributed by atoms with Crippen LogP contribution in [0.25, 0.3) is 0 Å². The molecule has 2 N–H and O–H groups in total. The van der Waals surface area contributed by atoms with Crippen LogP contribution in [0, 0.1) is 17.8 Å². The second-order valence-corrected chi connectivity index (χ2v) is 3.99. The highest BCUT2D eigenvalue weighted by Gasteiger charge is 2.32. The van der Waals surface area contributed by atoms with Crippen molar-refractivity contribution in [2.45, 2.75) is 20.3 Å². The summed E-state index contributed by atoms with van der Waals surface area (Å²) in [7, 11) is 0. The van der Waals surface area contributed by atoms with Gasteiger partial charge in [-0.15, -0.1) is 0 Å². The van der Waals surface area contributed by atoms with Gasteiger partial charge in [-0.05, 0) is 24.8 Å². The highest BCUT2D eigenvalue weighted by Crippen LogP contribution is 2.23. The third-order valence-corrected chi connectivity index (χ3v) is 2.43. The summed E-state index contributed by atoms with van der Waals surface area (Å²) < 4.78 is 0. The lowest BCUT2D eigenvalue weighted by molar-refractivity contribution is -0.142. The fourth-order valence-corrected chi connectivity index (χ4v) is 1.88. The number of aliphatic carboxylic acids is 1. The SMILES string of the molecule is CC(C)CC1CNCC1C(=O)O. The molecule has 2 unspecified atom stereocenters. The van der Waals surface area contributed by atoms with E-state index in [0.717, 1.165) is 13.0 Å². The Morgan fingerprint density at radius 3 is 2.75 bits per heavy atom. The summed E-state index contributed by atoms with van der Waals surface area (Å²) in [6.45, 7) is 5.79. The van der Waals surface area contributed by atoms with Crippen molar-refractivity contribution < 1.29 is 9.90 Å². The van der Waals surface area contributed by atoms with Gasteiger partial charge in [0.05, 0.1) is 5.92 Å². The lowest BCUT2D eigenvalue weighted by Crippen LogP contribution is -2.23. The first-order valence-electron chi connectivity index (χ1n) is 4.54. The first kappa shape index (κ1) is 9.52. The number of rotatable bonds is 3. The molecular formula is C9H17NO2. The molecule has 3 heteroatoms. The molecule has 1 aliphatic heterocycles. The van der Waals surface area contributed by atoms with Crippen molar-refractivity contribution in [1.82, 2.24) is 5.32 Å². The molecule has 70 valence electrons. The van der Waals surface area contributed by atoms with Crippen LogP contribution < -0.4 is 5.32 Å². The van der Waals surface area contributed by atoms with Gasteiger partial charge in [0.2, 0.25) is 0 Å². The fourth-order valence-electron chi connectivity index (χ4n) is 1.88. The van der Waals surface area contributed by atoms with Crippen LogP contribution in [0.15, 0.2) is 0 Å². The summed E-state index contributed by atoms with van der Waals surface area (Å²) >= 11 is 0. The molecule has 0 saturated carbocycles. The van der Waals surface area contributed by atoms with Gasteiger partial charge in [-0.2, -0.15) is 0 Å². The summed E-state index contributed by atoms with van der Waals surface area (Å²) in [5, 5.41) is 12.0. The minimum Gasteiger partial charge on any atom is -0.481 e. The highest BCUT2D eigenvalue weighted by molar-refractivity contribution is 5.71. The molecule has 0 amide bonds. The molecule has 1 fully saturated rings. The molecule has 0 aromatic heterocycles. The smallest absolute Gasteiger partial charge is 0.308 e. The number of carboxylic acid groups (broad SMARTS) is 1. The number of hydrogen-bond donors (Lipinski definition) is 2. The fraction of sp³-hybridized carbons (Fsp3) is 0.889. The number of carbonyl (C=O) groups is 1. The van der Waals surface area contributed by atoms with E-state index in [4.69, 9.17) is 5.11 Å². The van der Waals surface area contributed by atoms with Crippen LogP contribution in [-0.2, 0) is 4.79 Å². The van der Waals surface area contributed by atoms with Crippen molar-refractivity contribution in [2.75, 3.05) is 13.1 Å². The normalized spacial score (nSPS) is 29.6. The Morgan fingerprint density at radius 1 is 1.58 bits per heavy atom. The zero-order valence-electron chi connectivity index (χ0n) is 7.71. The maximum atomic E-state index is 10.8. The average molecular weight is 171 g/mol. The third-order valence-electron chi connectivity index (χ3n) is 2.43. The van der Waals surface area contributed by atoms with E-state index in [1.807, 2.05) is 0 Å². The molecular weight excluding hydrogens is 154 g/mol. The van der Waals surface area contributed by atoms with Crippen molar-refractivity contribution in [1.29, 1.82) is 0 Å². The van der Waals surface area contributed by atoms with Gasteiger partial charge in [0.1, 0.15) is 0 Å². The van der Waals surface area contributed by atoms with Crippen molar-refractivity contribution >= 4 is 5.97 Å². The quantitative estimate of drug-likeness (QED) is 0.664. The molecule has 0 aromatic carbocycles. The summed E-state index contributed by atoms with van der Waals surface area (Å²) in [5.74, 6) is 0.122. The monoisotopic (exact) mass is 171 g/mol. The van der Waals surface area contributed by atoms with Gasteiger partial charge in [-0.1, -0.05) is 13.8 Å². The average Bonchev–Trinajstić information content (AvgIpc) is 2.33. The van der Waals surface area contributed by atoms with Gasteiger partial charge in [-0.25, -0.2) is 0 Å². The molecule has 12 heavy (non-hydrogen) atoms. The Morgan fingerprint density at radius 2 is 2.25 bits per heavy atom. The van der Waals surface area contributed by atoms with E-state index in [1.165, 1.54) is 0 Å². The highest BCUT2D eigenvalue weighted by atomic mass is 16.4. The van der Waals surface area contributed by atoms with Gasteiger partial charge < -0.3 is 10.4 Å². The van der Waals surface area contributed by atoms with Crippen LogP contribution >= 0.6 is 0 Å². The third kappa shape index (κ3) is 2.21. The van der Waals surface area contributed by atoms with Gasteiger partial charge in [0.15, 0.2) is 0 Å². The first-order valence-corrected chi connectivity index (χ1v) is 4.54. The maximum Gasteiger partial charge on any atom is 0.308 e. The zero-order valence-corrected chi connectivity index (χ0v) is 7.71. The van der Waals surface area contributed by atoms with Gasteiger partial charge in [-0.3, -0.25) is 4.79 Å². The van der Waals surface area contributed by atoms with E-state index in [9.17, 15) is 4.79 Å². The summed E-state index contributed by atoms with van der Waals surface area (Å²) in [6.07, 6.45) is 1.02. The molecule has 1 rings (SSSR count). The van der Waals surface area contributed by atoms with E-state index < -0.39 is 5.97 Å². The number of hydrogen-bond acceptors (Lipinski definition) is 2. The van der Waals surface area contributed by atoms with E-state index in [0.29, 0.717) is 18.4 Å². The minimum absolute atomic E-state index is 0.160. The van der Waals surface area contributed by atoms with E-state index >= 15 is 0 Å². The predicted octanol–water partition coefficient (Wildman–Crippen LogP) is 0.953. The van der Waals surface area contributed by atoms with Gasteiger partial charge >= 0.3 is 5.97 Å². The Balaban J connectivity index is 2.46. The lowest BCUT2D eigenvalue weighted by Gasteiger charge is -2.16. The predicted molar refractivity (Wildman–Crippen MR) is 46.9 cm³/mol. The Hall–Kier alpha value is -0.570. The number of carboxylic acids is 1. The summed E-state index contributed by atoms with van der Waals surface area (Å²) in [5.41, 5.74) is 0. The Labute approximate surface area is 73.2 Å². The van der Waals surface area contributed by atoms with Gasteiger partial charge in [0, 0.05) is 6.54 Å². The number of nitrogens with one attached hydrogen (secondary N) is 1. The van der Waals surface area contributed by atoms with E-state index in [1.54, 1.807) is 0 Å². The van der Waals surface area contributed by atoms with Crippen molar-refractivity contribution in [3.05, 3.63) is 0 Å². The second-order valence-electron chi connectivity index (χ2n) is 3.99. The molecule has 3 nitrogen and oxygen atoms in total. The molecule has 1 saturated heterocycles. The second kappa shape index (κ2) is 3.90. The molecule has 0 radical (unpaired) electrons. The molecule has 1 aliphatic rings. The Bertz CT molecular complexity index is 168. The lowest BCUT2D eigenvalue weighted by atomic mass is 9.88. The van der Waals surface area contributed by atoms with Crippen LogP contribution in [0.1, 0.15) is 20.3 Å². The van der Waals surface area contributed by atoms with Crippen LogP contribution in [0.2, 0.25) is 0 Å². The largest absolute Gasteiger partial charge is 0.481 e. The van der Waals surface area contributed by atoms with E-state index in [2.05, 4.69) is 19.2 Å². The summed E-state index contributed by atoms with van der Waals surface area (Å²) in [4.78, 5) is 10.8. The van der Waals surface area contributed by atoms with Crippen molar-refractivity contribution in [3.63, 3.8) is 0 Å². The Kier molecular flexibility index (Phi) is 3.09. The van der Waals surface area contributed by atoms with Crippen molar-refractivity contribution in [2.24, 2.45) is 17.8 Å². The standard InChI is InChI=1S/C9H17NO2/c1-6(2)3-7-4-10-5-8(7)9(11)12/h6-8,10H,3-5H2,1-2H3,(H,11,12). The molecule has 0 aliphatic carbocycles. The van der Waals surface area contributed by atoms with Crippen molar-refractivity contribution in [3.8, 4) is 0 Å². The zero-order chi connectivity index (χ0) is 9.14. The maximum absolute atomic E-state index is 10.8. The van der Waals surface area contributed by atoms with Crippen LogP contribution in [0.5, 0.6) is 0 Å². The van der Waals surface area contributed by atoms with Crippen LogP contribution in [0.4, 0.5) is 0 Å². The molecule has 0 spiro atoms. The first-order chi connectivity index (χ1) is 5.61. The molecule has 2 atom stereocenters. The van der Waals surface area contributed by atoms with Crippen LogP contribution in [-0.4, -0.2) is 24.2 Å². The van der Waals surface area contributed by atoms with Crippen LogP contribution in [0.3, 0.4) is 0 Å². The topological polar surface area (TPSA) is 49.3 Å². The van der Waals surface area contributed by atoms with Gasteiger partial charge in [0.25, 0.3) is 0 Å².